The number of imide groups is 1. The number of amides is 8. The predicted octanol–water partition coefficient (Wildman–Crippen LogP) is 2.85. The largest absolute Gasteiger partial charge is 0.481 e. The molecule has 8 amide bonds. The van der Waals surface area contributed by atoms with Crippen LogP contribution in [0, 0.1) is 23.7 Å². The minimum atomic E-state index is -2.07. The number of carbonyl (C=O) groups is 12. The zero-order valence-corrected chi connectivity index (χ0v) is 81.4. The summed E-state index contributed by atoms with van der Waals surface area (Å²) in [5, 5.41) is 67.7. The van der Waals surface area contributed by atoms with E-state index in [4.69, 9.17) is 76.8 Å². The van der Waals surface area contributed by atoms with Gasteiger partial charge in [-0.05, 0) is 80.5 Å². The molecule has 4 heterocycles. The summed E-state index contributed by atoms with van der Waals surface area (Å²) in [6.07, 6.45) is -6.35. The maximum absolute atomic E-state index is 15.3. The van der Waals surface area contributed by atoms with Gasteiger partial charge in [-0.2, -0.15) is 0 Å². The number of aliphatic hydroxyl groups excluding tert-OH is 3. The lowest BCUT2D eigenvalue weighted by Crippen LogP contribution is -2.61. The zero-order valence-electron chi connectivity index (χ0n) is 80.5. The Hall–Kier alpha value is -9.07. The first-order chi connectivity index (χ1) is 65.8. The fraction of sp³-hybridized carbons (Fsp3) is 0.691. The first-order valence-corrected chi connectivity index (χ1v) is 48.0. The number of ether oxygens (including phenoxy) is 15. The summed E-state index contributed by atoms with van der Waals surface area (Å²) in [6.45, 7) is 19.8. The number of methoxy groups -OCH3 is 1. The van der Waals surface area contributed by atoms with Crippen molar-refractivity contribution in [3.63, 3.8) is 0 Å². The minimum Gasteiger partial charge on any atom is -0.481 e. The van der Waals surface area contributed by atoms with Crippen molar-refractivity contribution in [3.8, 4) is 5.75 Å². The van der Waals surface area contributed by atoms with Crippen LogP contribution in [0.2, 0.25) is 0 Å². The highest BCUT2D eigenvalue weighted by molar-refractivity contribution is 7.09. The average Bonchev–Trinajstić information content (AvgIpc) is 1.41. The van der Waals surface area contributed by atoms with Gasteiger partial charge in [0, 0.05) is 114 Å². The van der Waals surface area contributed by atoms with E-state index in [1.54, 1.807) is 32.0 Å². The van der Waals surface area contributed by atoms with Crippen molar-refractivity contribution in [2.24, 2.45) is 29.4 Å². The van der Waals surface area contributed by atoms with Crippen molar-refractivity contribution in [3.05, 3.63) is 87.9 Å². The number of carboxylic acids is 2. The van der Waals surface area contributed by atoms with Crippen LogP contribution >= 0.6 is 11.3 Å². The molecule has 1 unspecified atom stereocenters. The molecule has 770 valence electrons. The number of thiazole rings is 1. The van der Waals surface area contributed by atoms with Crippen molar-refractivity contribution < 1.29 is 159 Å². The van der Waals surface area contributed by atoms with E-state index in [9.17, 15) is 73.5 Å². The van der Waals surface area contributed by atoms with E-state index >= 15 is 9.59 Å². The second kappa shape index (κ2) is 65.0. The number of nitrogens with two attached hydrogens (primary N) is 1. The molecule has 2 saturated heterocycles. The Morgan fingerprint density at radius 1 is 0.650 bits per heavy atom. The molecule has 12 N–H and O–H groups in total. The SMILES string of the molecule is CC[C@H](C)[C@H](CC(=O)[C@H]1CCCC[N+]1(C)Cc1ccc(O[C@@H]2O[C@H](C(=O)O)[C@@H](O)[C@H](O)[C@H]2O)c(NC(=O)CCNC(=O)[C@H](CCCCNC(=O)CCOCCOCCOCCOCCOCCOCCOCCOCCOCCOCCOCCOC)NC(=O)[C@H](CN)N2C(=O)C=CC2=O)c1)C(=O)N(C)[C@H](C[C@@H](OC(C)=O)c1nc(C(=O)N[C@@H](Cc2ccccc2)C[C@H](C)C(=O)O)cs1)C(C)C. The number of nitrogens with zero attached hydrogens (tertiary/aromatic N) is 4. The van der Waals surface area contributed by atoms with Gasteiger partial charge in [-0.15, -0.1) is 11.3 Å². The van der Waals surface area contributed by atoms with E-state index in [1.165, 1.54) is 24.4 Å². The highest BCUT2D eigenvalue weighted by Gasteiger charge is 2.49. The van der Waals surface area contributed by atoms with Crippen LogP contribution in [0.3, 0.4) is 0 Å². The summed E-state index contributed by atoms with van der Waals surface area (Å²) < 4.78 is 83.0. The first-order valence-electron chi connectivity index (χ1n) is 47.1. The Kier molecular flexibility index (Phi) is 55.4. The summed E-state index contributed by atoms with van der Waals surface area (Å²) in [4.78, 5) is 169. The molecule has 3 aliphatic heterocycles. The highest BCUT2D eigenvalue weighted by atomic mass is 32.1. The number of carbonyl (C=O) groups excluding carboxylic acids is 10. The number of likely N-dealkylation sites (tertiary alicyclic amines) is 1. The number of piperidine rings is 1. The topological polar surface area (TPSA) is 550 Å². The van der Waals surface area contributed by atoms with Gasteiger partial charge in [-0.3, -0.25) is 57.6 Å². The zero-order chi connectivity index (χ0) is 100. The summed E-state index contributed by atoms with van der Waals surface area (Å²) in [5.74, 6) is -11.1. The number of hydrogen-bond acceptors (Lipinski definition) is 33. The van der Waals surface area contributed by atoms with E-state index in [2.05, 4.69) is 31.6 Å². The Labute approximate surface area is 805 Å². The van der Waals surface area contributed by atoms with Crippen LogP contribution in [0.5, 0.6) is 5.75 Å². The molecule has 43 heteroatoms. The molecular formula is C94H147N10O32S+. The Morgan fingerprint density at radius 3 is 1.72 bits per heavy atom. The van der Waals surface area contributed by atoms with Crippen LogP contribution in [-0.2, 0) is 132 Å². The number of Topliss-reactive ketones (excluding diaryl/α,β-unsaturated/α-hetero) is 1. The molecule has 0 radical (unpaired) electrons. The van der Waals surface area contributed by atoms with E-state index in [-0.39, 0.29) is 129 Å². The smallest absolute Gasteiger partial charge is 0.335 e. The summed E-state index contributed by atoms with van der Waals surface area (Å²) in [5.41, 5.74) is 7.32. The molecular weight excluding hydrogens is 1810 g/mol. The number of aliphatic carboxylic acids is 2. The van der Waals surface area contributed by atoms with E-state index < -0.39 is 145 Å². The summed E-state index contributed by atoms with van der Waals surface area (Å²) >= 11 is 1.10. The molecule has 15 atom stereocenters. The third-order valence-electron chi connectivity index (χ3n) is 23.5. The monoisotopic (exact) mass is 1960 g/mol. The van der Waals surface area contributed by atoms with Crippen molar-refractivity contribution in [2.45, 2.75) is 199 Å². The van der Waals surface area contributed by atoms with Gasteiger partial charge in [-0.25, -0.2) is 9.78 Å². The summed E-state index contributed by atoms with van der Waals surface area (Å²) in [6, 6.07) is 9.21. The molecule has 42 nitrogen and oxygen atoms in total. The maximum atomic E-state index is 15.3. The lowest BCUT2D eigenvalue weighted by atomic mass is 9.82. The van der Waals surface area contributed by atoms with Crippen molar-refractivity contribution >= 4 is 88.0 Å². The van der Waals surface area contributed by atoms with Crippen LogP contribution in [0.25, 0.3) is 0 Å². The molecule has 0 saturated carbocycles. The number of unbranched alkanes of at least 4 members (excludes halogenated alkanes) is 1. The number of ketones is 1. The number of benzene rings is 2. The number of aromatic nitrogens is 1. The Morgan fingerprint density at radius 2 is 1.20 bits per heavy atom. The van der Waals surface area contributed by atoms with Crippen LogP contribution in [0.1, 0.15) is 151 Å². The van der Waals surface area contributed by atoms with Crippen LogP contribution in [-0.4, -0.2) is 376 Å². The lowest BCUT2D eigenvalue weighted by molar-refractivity contribution is -0.941. The number of hydrogen-bond donors (Lipinski definition) is 11. The fourth-order valence-electron chi connectivity index (χ4n) is 15.7. The number of carboxylic acid groups (broad SMARTS) is 2. The van der Waals surface area contributed by atoms with E-state index in [1.807, 2.05) is 65.1 Å². The highest BCUT2D eigenvalue weighted by Crippen LogP contribution is 2.38. The second-order valence-corrected chi connectivity index (χ2v) is 35.2. The number of aliphatic hydroxyl groups is 3. The van der Waals surface area contributed by atoms with Crippen LogP contribution < -0.4 is 37.1 Å². The Balaban J connectivity index is 0.982. The van der Waals surface area contributed by atoms with E-state index in [0.717, 1.165) is 29.1 Å². The summed E-state index contributed by atoms with van der Waals surface area (Å²) in [7, 11) is 5.19. The van der Waals surface area contributed by atoms with Gasteiger partial charge in [0.2, 0.25) is 35.8 Å². The van der Waals surface area contributed by atoms with Gasteiger partial charge in [0.25, 0.3) is 17.7 Å². The quantitative estimate of drug-likeness (QED) is 0.0167. The van der Waals surface area contributed by atoms with Gasteiger partial charge < -0.3 is 138 Å². The molecule has 3 aliphatic rings. The number of likely N-dealkylation sites (N-methyl/N-ethyl adjacent to an activating group) is 1. The second-order valence-electron chi connectivity index (χ2n) is 34.3. The van der Waals surface area contributed by atoms with Crippen molar-refractivity contribution in [1.29, 1.82) is 0 Å². The predicted molar refractivity (Wildman–Crippen MR) is 496 cm³/mol. The molecule has 0 aliphatic carbocycles. The molecule has 6 rings (SSSR count). The van der Waals surface area contributed by atoms with Gasteiger partial charge >= 0.3 is 17.9 Å². The van der Waals surface area contributed by atoms with E-state index in [0.29, 0.717) is 193 Å². The van der Waals surface area contributed by atoms with Gasteiger partial charge in [0.05, 0.1) is 177 Å². The number of anilines is 1. The van der Waals surface area contributed by atoms with Crippen LogP contribution in [0.4, 0.5) is 5.69 Å². The molecule has 0 spiro atoms. The molecule has 0 bridgehead atoms. The van der Waals surface area contributed by atoms with Gasteiger partial charge in [-0.1, -0.05) is 71.4 Å². The standard InChI is InChI=1S/C94H146N10O32S/c1-10-63(4)69(91(117)102(7)73(62(2)3)58-78(134-65(6)105)90-101-72(61-137-90)88(115)98-68(54-64(5)92(118)119)55-66-18-12-11-13-19-66)57-76(106)75-21-15-17-30-104(75,8)60-67-22-23-77(135-94-85(113)83(111)84(112)86(136-94)93(120)121)71(56-67)99-80(108)26-29-97-87(114)70(100-89(116)74(59-95)103-81(109)24-25-82(103)110)20-14-16-28-96-79(107)27-31-123-34-35-125-38-39-127-42-43-129-46-47-131-50-51-133-53-52-132-49-48-130-45-44-128-41-40-126-37-36-124-33-32-122-9/h11-13,18-19,22-25,56,61-64,68-70,73-75,78,83-86,94,111-113H,10,14-17,20-21,26-55,57-60,95H2,1-9H3,(H6-,96,97,98,99,100,107,108,114,115,116,118,119,120,121)/p+1/t63-,64-,68+,69-,70-,73+,74-,75+,78+,83-,84-,85+,86-,94+,104?/m0/s1. The molecule has 1 aromatic heterocycles. The fourth-order valence-corrected chi connectivity index (χ4v) is 16.5. The molecule has 137 heavy (non-hydrogen) atoms. The number of rotatable bonds is 74. The van der Waals surface area contributed by atoms with Crippen LogP contribution in [0.15, 0.2) is 66.1 Å². The normalized spacial score (nSPS) is 19.4. The van der Waals surface area contributed by atoms with Gasteiger partial charge in [0.15, 0.2) is 18.0 Å². The Bertz CT molecular complexity index is 4160. The number of nitrogens with one attached hydrogen (secondary N) is 5. The molecule has 3 aromatic rings. The molecule has 2 aromatic carbocycles. The third kappa shape index (κ3) is 42.5. The lowest BCUT2D eigenvalue weighted by Gasteiger charge is -2.45. The van der Waals surface area contributed by atoms with Gasteiger partial charge in [0.1, 0.15) is 59.4 Å². The number of quaternary nitrogens is 1. The average molecular weight is 1960 g/mol. The minimum absolute atomic E-state index is 0.0289. The molecule has 2 fully saturated rings. The maximum Gasteiger partial charge on any atom is 0.335 e. The van der Waals surface area contributed by atoms with Crippen molar-refractivity contribution in [2.75, 3.05) is 205 Å². The first kappa shape index (κ1) is 117. The van der Waals surface area contributed by atoms with Crippen molar-refractivity contribution in [1.82, 2.24) is 36.1 Å². The third-order valence-corrected chi connectivity index (χ3v) is 24.4. The number of esters is 1.